The molecule has 1 rings (SSSR count). The van der Waals surface area contributed by atoms with Crippen molar-refractivity contribution in [2.75, 3.05) is 11.9 Å². The number of nitrogens with two attached hydrogens (primary N) is 1. The van der Waals surface area contributed by atoms with Gasteiger partial charge in [-0.25, -0.2) is 13.1 Å². The minimum absolute atomic E-state index is 0.166. The second kappa shape index (κ2) is 7.21. The van der Waals surface area contributed by atoms with Crippen molar-refractivity contribution in [2.45, 2.75) is 45.1 Å². The Bertz CT molecular complexity index is 604. The van der Waals surface area contributed by atoms with Crippen LogP contribution in [0.4, 0.5) is 5.69 Å². The fraction of sp³-hybridized carbons (Fsp3) is 0.533. The van der Waals surface area contributed by atoms with Gasteiger partial charge in [-0.3, -0.25) is 4.79 Å². The van der Waals surface area contributed by atoms with Gasteiger partial charge in [0.2, 0.25) is 15.9 Å². The average Bonchev–Trinajstić information content (AvgIpc) is 2.44. The van der Waals surface area contributed by atoms with Crippen LogP contribution in [0, 0.1) is 5.41 Å². The number of carbonyl (C=O) groups excluding carboxylic acids is 1. The van der Waals surface area contributed by atoms with E-state index < -0.39 is 16.1 Å². The molecule has 0 radical (unpaired) electrons. The van der Waals surface area contributed by atoms with Crippen LogP contribution in [-0.4, -0.2) is 26.9 Å². The maximum Gasteiger partial charge on any atom is 0.241 e. The minimum atomic E-state index is -3.49. The summed E-state index contributed by atoms with van der Waals surface area (Å²) in [5, 5.41) is 2.69. The summed E-state index contributed by atoms with van der Waals surface area (Å²) in [6, 6.07) is 5.36. The van der Waals surface area contributed by atoms with Gasteiger partial charge in [-0.05, 0) is 36.1 Å². The predicted molar refractivity (Wildman–Crippen MR) is 88.0 cm³/mol. The van der Waals surface area contributed by atoms with Crippen LogP contribution in [0.15, 0.2) is 29.2 Å². The first-order valence-electron chi connectivity index (χ1n) is 7.24. The molecule has 0 saturated carbocycles. The maximum absolute atomic E-state index is 12.0. The fourth-order valence-electron chi connectivity index (χ4n) is 1.65. The van der Waals surface area contributed by atoms with Gasteiger partial charge in [-0.2, -0.15) is 0 Å². The van der Waals surface area contributed by atoms with E-state index in [0.29, 0.717) is 12.2 Å². The third-order valence-corrected chi connectivity index (χ3v) is 4.67. The largest absolute Gasteiger partial charge is 0.325 e. The summed E-state index contributed by atoms with van der Waals surface area (Å²) in [6.07, 6.45) is 0.720. The molecule has 4 N–H and O–H groups in total. The first-order valence-corrected chi connectivity index (χ1v) is 8.72. The summed E-state index contributed by atoms with van der Waals surface area (Å²) >= 11 is 0. The van der Waals surface area contributed by atoms with Crippen LogP contribution in [-0.2, 0) is 14.8 Å². The molecule has 7 heteroatoms. The van der Waals surface area contributed by atoms with Gasteiger partial charge in [-0.15, -0.1) is 0 Å². The second-order valence-electron chi connectivity index (χ2n) is 6.26. The predicted octanol–water partition coefficient (Wildman–Crippen LogP) is 1.69. The summed E-state index contributed by atoms with van der Waals surface area (Å²) in [5.74, 6) is -0.299. The number of hydrogen-bond donors (Lipinski definition) is 3. The number of nitrogens with one attached hydrogen (secondary N) is 2. The molecule has 1 aromatic rings. The van der Waals surface area contributed by atoms with Gasteiger partial charge in [0.05, 0.1) is 10.9 Å². The number of benzene rings is 1. The fourth-order valence-corrected chi connectivity index (χ4v) is 2.78. The molecule has 1 atom stereocenters. The Balaban J connectivity index is 2.80. The van der Waals surface area contributed by atoms with Gasteiger partial charge in [0.15, 0.2) is 0 Å². The molecule has 124 valence electrons. The third-order valence-electron chi connectivity index (χ3n) is 3.19. The lowest BCUT2D eigenvalue weighted by Gasteiger charge is -2.25. The van der Waals surface area contributed by atoms with E-state index in [9.17, 15) is 13.2 Å². The van der Waals surface area contributed by atoms with Crippen molar-refractivity contribution in [2.24, 2.45) is 11.1 Å². The summed E-state index contributed by atoms with van der Waals surface area (Å²) in [6.45, 7) is 7.92. The molecule has 0 unspecified atom stereocenters. The van der Waals surface area contributed by atoms with Crippen molar-refractivity contribution >= 4 is 21.6 Å². The Morgan fingerprint density at radius 1 is 1.23 bits per heavy atom. The summed E-state index contributed by atoms with van der Waals surface area (Å²) in [5.41, 5.74) is 6.04. The van der Waals surface area contributed by atoms with Crippen molar-refractivity contribution < 1.29 is 13.2 Å². The lowest BCUT2D eigenvalue weighted by atomic mass is 9.87. The molecule has 0 saturated heterocycles. The molecule has 0 heterocycles. The van der Waals surface area contributed by atoms with E-state index in [1.807, 2.05) is 27.7 Å². The molecule has 6 nitrogen and oxygen atoms in total. The van der Waals surface area contributed by atoms with Crippen LogP contribution >= 0.6 is 0 Å². The van der Waals surface area contributed by atoms with Gasteiger partial charge in [0, 0.05) is 12.2 Å². The van der Waals surface area contributed by atoms with Crippen LogP contribution < -0.4 is 15.8 Å². The minimum Gasteiger partial charge on any atom is -0.325 e. The molecule has 0 aromatic heterocycles. The van der Waals surface area contributed by atoms with Crippen LogP contribution in [0.3, 0.4) is 0 Å². The monoisotopic (exact) mass is 327 g/mol. The van der Waals surface area contributed by atoms with Gasteiger partial charge in [-0.1, -0.05) is 27.7 Å². The van der Waals surface area contributed by atoms with E-state index in [0.717, 1.165) is 6.42 Å². The molecule has 0 spiro atoms. The molecular weight excluding hydrogens is 302 g/mol. The first-order chi connectivity index (χ1) is 10.1. The van der Waals surface area contributed by atoms with Gasteiger partial charge in [0.25, 0.3) is 0 Å². The summed E-state index contributed by atoms with van der Waals surface area (Å²) in [4.78, 5) is 12.2. The highest BCUT2D eigenvalue weighted by Gasteiger charge is 2.27. The number of hydrogen-bond acceptors (Lipinski definition) is 4. The molecule has 0 fully saturated rings. The van der Waals surface area contributed by atoms with Gasteiger partial charge >= 0.3 is 0 Å². The topological polar surface area (TPSA) is 101 Å². The lowest BCUT2D eigenvalue weighted by Crippen LogP contribution is -2.45. The molecule has 1 amide bonds. The maximum atomic E-state index is 12.0. The highest BCUT2D eigenvalue weighted by atomic mass is 32.2. The Morgan fingerprint density at radius 3 is 2.23 bits per heavy atom. The van der Waals surface area contributed by atoms with E-state index in [2.05, 4.69) is 10.0 Å². The van der Waals surface area contributed by atoms with Crippen molar-refractivity contribution in [1.29, 1.82) is 0 Å². The Kier molecular flexibility index (Phi) is 6.10. The normalized spacial score (nSPS) is 13.7. The van der Waals surface area contributed by atoms with Crippen molar-refractivity contribution in [3.8, 4) is 0 Å². The van der Waals surface area contributed by atoms with E-state index >= 15 is 0 Å². The standard InChI is InChI=1S/C15H25N3O3S/c1-5-10-17-22(20,21)12-8-6-11(7-9-12)18-14(19)13(16)15(2,3)4/h6-9,13,17H,5,10,16H2,1-4H3,(H,18,19)/t13-/m1/s1. The highest BCUT2D eigenvalue weighted by molar-refractivity contribution is 7.89. The zero-order valence-corrected chi connectivity index (χ0v) is 14.3. The van der Waals surface area contributed by atoms with Gasteiger partial charge < -0.3 is 11.1 Å². The van der Waals surface area contributed by atoms with Crippen molar-refractivity contribution in [3.63, 3.8) is 0 Å². The number of amides is 1. The molecule has 1 aromatic carbocycles. The Hall–Kier alpha value is -1.44. The molecular formula is C15H25N3O3S. The van der Waals surface area contributed by atoms with Crippen LogP contribution in [0.2, 0.25) is 0 Å². The molecule has 0 aliphatic heterocycles. The van der Waals surface area contributed by atoms with E-state index in [1.165, 1.54) is 12.1 Å². The Labute approximate surface area is 132 Å². The molecule has 0 aliphatic rings. The van der Waals surface area contributed by atoms with E-state index in [-0.39, 0.29) is 16.2 Å². The zero-order valence-electron chi connectivity index (χ0n) is 13.5. The van der Waals surface area contributed by atoms with Crippen molar-refractivity contribution in [3.05, 3.63) is 24.3 Å². The lowest BCUT2D eigenvalue weighted by molar-refractivity contribution is -0.119. The summed E-state index contributed by atoms with van der Waals surface area (Å²) < 4.78 is 26.4. The molecule has 0 aliphatic carbocycles. The van der Waals surface area contributed by atoms with Crippen LogP contribution in [0.5, 0.6) is 0 Å². The van der Waals surface area contributed by atoms with Gasteiger partial charge in [0.1, 0.15) is 0 Å². The first kappa shape index (κ1) is 18.6. The number of sulfonamides is 1. The van der Waals surface area contributed by atoms with E-state index in [4.69, 9.17) is 5.73 Å². The second-order valence-corrected chi connectivity index (χ2v) is 8.02. The summed E-state index contributed by atoms with van der Waals surface area (Å²) in [7, 11) is -3.49. The quantitative estimate of drug-likeness (QED) is 0.740. The van der Waals surface area contributed by atoms with Crippen LogP contribution in [0.25, 0.3) is 0 Å². The third kappa shape index (κ3) is 5.08. The van der Waals surface area contributed by atoms with Crippen molar-refractivity contribution in [1.82, 2.24) is 4.72 Å². The number of anilines is 1. The zero-order chi connectivity index (χ0) is 17.0. The number of rotatable bonds is 6. The SMILES string of the molecule is CCCNS(=O)(=O)c1ccc(NC(=O)[C@@H](N)C(C)(C)C)cc1. The number of carbonyl (C=O) groups is 1. The van der Waals surface area contributed by atoms with E-state index in [1.54, 1.807) is 12.1 Å². The highest BCUT2D eigenvalue weighted by Crippen LogP contribution is 2.19. The smallest absolute Gasteiger partial charge is 0.241 e. The average molecular weight is 327 g/mol. The molecule has 0 bridgehead atoms. The molecule has 22 heavy (non-hydrogen) atoms. The van der Waals surface area contributed by atoms with Crippen LogP contribution in [0.1, 0.15) is 34.1 Å². The Morgan fingerprint density at radius 2 is 1.77 bits per heavy atom.